The molecule has 1 saturated carbocycles. The largest absolute Gasteiger partial charge is 0.357 e. The Balaban J connectivity index is 0.00000243. The molecule has 0 amide bonds. The Morgan fingerprint density at radius 2 is 2.00 bits per heavy atom. The zero-order chi connectivity index (χ0) is 17.8. The van der Waals surface area contributed by atoms with Gasteiger partial charge in [-0.05, 0) is 51.4 Å². The van der Waals surface area contributed by atoms with E-state index in [1.54, 1.807) is 0 Å². The molecule has 1 aromatic carbocycles. The molecule has 1 saturated heterocycles. The van der Waals surface area contributed by atoms with E-state index in [1.165, 1.54) is 31.0 Å². The molecule has 2 N–H and O–H groups in total. The Labute approximate surface area is 171 Å². The maximum absolute atomic E-state index is 13.9. The van der Waals surface area contributed by atoms with Crippen LogP contribution < -0.4 is 10.6 Å². The summed E-state index contributed by atoms with van der Waals surface area (Å²) in [6.07, 6.45) is 3.14. The highest BCUT2D eigenvalue weighted by Gasteiger charge is 2.42. The third-order valence-electron chi connectivity index (χ3n) is 5.19. The number of likely N-dealkylation sites (tertiary alicyclic amines) is 1. The van der Waals surface area contributed by atoms with Crippen LogP contribution in [0.15, 0.2) is 23.2 Å². The number of guanidine groups is 1. The second kappa shape index (κ2) is 9.82. The first-order chi connectivity index (χ1) is 12.1. The predicted molar refractivity (Wildman–Crippen MR) is 112 cm³/mol. The van der Waals surface area contributed by atoms with Gasteiger partial charge in [-0.3, -0.25) is 9.89 Å². The van der Waals surface area contributed by atoms with Crippen LogP contribution in [0, 0.1) is 11.6 Å². The van der Waals surface area contributed by atoms with Gasteiger partial charge in [0.05, 0.1) is 6.54 Å². The van der Waals surface area contributed by atoms with Gasteiger partial charge in [-0.25, -0.2) is 8.78 Å². The van der Waals surface area contributed by atoms with Crippen LogP contribution in [-0.2, 0) is 0 Å². The molecule has 3 rings (SSSR count). The van der Waals surface area contributed by atoms with Gasteiger partial charge in [-0.1, -0.05) is 13.0 Å². The van der Waals surface area contributed by atoms with Crippen molar-refractivity contribution in [3.63, 3.8) is 0 Å². The van der Waals surface area contributed by atoms with Crippen molar-refractivity contribution in [1.82, 2.24) is 15.5 Å². The van der Waals surface area contributed by atoms with Crippen molar-refractivity contribution in [2.75, 3.05) is 26.2 Å². The predicted octanol–water partition coefficient (Wildman–Crippen LogP) is 3.48. The fourth-order valence-electron chi connectivity index (χ4n) is 3.75. The zero-order valence-corrected chi connectivity index (χ0v) is 17.8. The first-order valence-electron chi connectivity index (χ1n) is 9.36. The third kappa shape index (κ3) is 5.06. The molecule has 146 valence electrons. The molecule has 3 atom stereocenters. The lowest BCUT2D eigenvalue weighted by Gasteiger charge is -2.21. The van der Waals surface area contributed by atoms with Gasteiger partial charge in [-0.15, -0.1) is 24.0 Å². The van der Waals surface area contributed by atoms with Crippen molar-refractivity contribution in [3.8, 4) is 0 Å². The molecule has 2 fully saturated rings. The van der Waals surface area contributed by atoms with E-state index in [0.717, 1.165) is 38.6 Å². The molecule has 3 unspecified atom stereocenters. The third-order valence-corrected chi connectivity index (χ3v) is 5.19. The van der Waals surface area contributed by atoms with Gasteiger partial charge >= 0.3 is 0 Å². The number of aliphatic imine (C=N–C) groups is 1. The van der Waals surface area contributed by atoms with Gasteiger partial charge in [0.15, 0.2) is 5.96 Å². The molecule has 1 aromatic rings. The number of nitrogens with zero attached hydrogens (tertiary/aromatic N) is 2. The molecule has 0 radical (unpaired) electrons. The first-order valence-corrected chi connectivity index (χ1v) is 9.36. The standard InChI is InChI=1S/C19H28F2N4.HI/c1-3-22-19(23-12-13-7-6-10-25(13)4-2)24-17-11-14(17)18-15(20)8-5-9-16(18)21;/h5,8-9,13-14,17H,3-4,6-7,10-12H2,1-2H3,(H2,22,23,24);1H. The molecule has 1 aliphatic carbocycles. The minimum atomic E-state index is -0.458. The van der Waals surface area contributed by atoms with Crippen molar-refractivity contribution in [2.45, 2.75) is 51.1 Å². The molecule has 26 heavy (non-hydrogen) atoms. The van der Waals surface area contributed by atoms with Gasteiger partial charge in [0.2, 0.25) is 0 Å². The number of nitrogens with one attached hydrogen (secondary N) is 2. The monoisotopic (exact) mass is 478 g/mol. The summed E-state index contributed by atoms with van der Waals surface area (Å²) in [5, 5.41) is 6.58. The van der Waals surface area contributed by atoms with E-state index >= 15 is 0 Å². The van der Waals surface area contributed by atoms with E-state index in [0.29, 0.717) is 6.04 Å². The highest BCUT2D eigenvalue weighted by molar-refractivity contribution is 14.0. The maximum Gasteiger partial charge on any atom is 0.191 e. The lowest BCUT2D eigenvalue weighted by atomic mass is 10.1. The number of halogens is 3. The summed E-state index contributed by atoms with van der Waals surface area (Å²) in [6.45, 7) is 7.93. The van der Waals surface area contributed by atoms with Crippen LogP contribution in [0.2, 0.25) is 0 Å². The average Bonchev–Trinajstić information content (AvgIpc) is 3.17. The van der Waals surface area contributed by atoms with E-state index in [2.05, 4.69) is 22.5 Å². The molecule has 0 spiro atoms. The number of benzene rings is 1. The SMILES string of the molecule is CCNC(=NCC1CCCN1CC)NC1CC1c1c(F)cccc1F.I. The molecular weight excluding hydrogens is 449 g/mol. The quantitative estimate of drug-likeness (QED) is 0.374. The summed E-state index contributed by atoms with van der Waals surface area (Å²) >= 11 is 0. The van der Waals surface area contributed by atoms with Crippen LogP contribution in [0.4, 0.5) is 8.78 Å². The van der Waals surface area contributed by atoms with Gasteiger partial charge in [0.1, 0.15) is 11.6 Å². The highest BCUT2D eigenvalue weighted by Crippen LogP contribution is 2.43. The van der Waals surface area contributed by atoms with Crippen LogP contribution in [0.5, 0.6) is 0 Å². The van der Waals surface area contributed by atoms with Crippen LogP contribution >= 0.6 is 24.0 Å². The van der Waals surface area contributed by atoms with Crippen molar-refractivity contribution < 1.29 is 8.78 Å². The first kappa shape index (κ1) is 21.3. The minimum Gasteiger partial charge on any atom is -0.357 e. The van der Waals surface area contributed by atoms with Crippen LogP contribution in [0.25, 0.3) is 0 Å². The van der Waals surface area contributed by atoms with E-state index in [9.17, 15) is 8.78 Å². The van der Waals surface area contributed by atoms with E-state index in [1.807, 2.05) is 6.92 Å². The molecule has 1 aliphatic heterocycles. The fourth-order valence-corrected chi connectivity index (χ4v) is 3.75. The lowest BCUT2D eigenvalue weighted by Crippen LogP contribution is -2.40. The number of rotatable bonds is 6. The summed E-state index contributed by atoms with van der Waals surface area (Å²) in [5.74, 6) is -0.292. The number of hydrogen-bond acceptors (Lipinski definition) is 2. The van der Waals surface area contributed by atoms with Crippen molar-refractivity contribution >= 4 is 29.9 Å². The molecule has 7 heteroatoms. The Hall–Kier alpha value is -0.960. The summed E-state index contributed by atoms with van der Waals surface area (Å²) in [6, 6.07) is 4.60. The molecule has 0 bridgehead atoms. The van der Waals surface area contributed by atoms with Gasteiger partial charge in [0, 0.05) is 30.1 Å². The van der Waals surface area contributed by atoms with Crippen molar-refractivity contribution in [2.24, 2.45) is 4.99 Å². The average molecular weight is 478 g/mol. The van der Waals surface area contributed by atoms with Crippen molar-refractivity contribution in [1.29, 1.82) is 0 Å². The Morgan fingerprint density at radius 3 is 2.65 bits per heavy atom. The summed E-state index contributed by atoms with van der Waals surface area (Å²) in [5.41, 5.74) is 0.198. The zero-order valence-electron chi connectivity index (χ0n) is 15.5. The number of hydrogen-bond donors (Lipinski definition) is 2. The van der Waals surface area contributed by atoms with Crippen molar-refractivity contribution in [3.05, 3.63) is 35.4 Å². The molecule has 2 aliphatic rings. The van der Waals surface area contributed by atoms with Gasteiger partial charge in [0.25, 0.3) is 0 Å². The van der Waals surface area contributed by atoms with E-state index in [-0.39, 0.29) is 41.5 Å². The molecule has 4 nitrogen and oxygen atoms in total. The maximum atomic E-state index is 13.9. The highest BCUT2D eigenvalue weighted by atomic mass is 127. The second-order valence-corrected chi connectivity index (χ2v) is 6.87. The second-order valence-electron chi connectivity index (χ2n) is 6.87. The van der Waals surface area contributed by atoms with E-state index in [4.69, 9.17) is 4.99 Å². The number of likely N-dealkylation sites (N-methyl/N-ethyl adjacent to an activating group) is 1. The Morgan fingerprint density at radius 1 is 1.27 bits per heavy atom. The topological polar surface area (TPSA) is 39.7 Å². The fraction of sp³-hybridized carbons (Fsp3) is 0.632. The summed E-state index contributed by atoms with van der Waals surface area (Å²) in [7, 11) is 0. The van der Waals surface area contributed by atoms with Gasteiger partial charge < -0.3 is 10.6 Å². The molecule has 0 aromatic heterocycles. The van der Waals surface area contributed by atoms with Gasteiger partial charge in [-0.2, -0.15) is 0 Å². The van der Waals surface area contributed by atoms with Crippen LogP contribution in [0.3, 0.4) is 0 Å². The Bertz CT molecular complexity index is 605. The normalized spacial score (nSPS) is 25.7. The van der Waals surface area contributed by atoms with Crippen LogP contribution in [0.1, 0.15) is 44.6 Å². The molecular formula is C19H29F2IN4. The summed E-state index contributed by atoms with van der Waals surface area (Å²) < 4.78 is 27.8. The smallest absolute Gasteiger partial charge is 0.191 e. The summed E-state index contributed by atoms with van der Waals surface area (Å²) in [4.78, 5) is 7.17. The molecule has 1 heterocycles. The lowest BCUT2D eigenvalue weighted by molar-refractivity contribution is 0.273. The van der Waals surface area contributed by atoms with E-state index < -0.39 is 11.6 Å². The Kier molecular flexibility index (Phi) is 8.06. The van der Waals surface area contributed by atoms with Crippen LogP contribution in [-0.4, -0.2) is 49.1 Å². The minimum absolute atomic E-state index is 0.